The van der Waals surface area contributed by atoms with Crippen LogP contribution in [0, 0.1) is 16.7 Å². The zero-order chi connectivity index (χ0) is 22.7. The van der Waals surface area contributed by atoms with Gasteiger partial charge in [-0.2, -0.15) is 0 Å². The molecule has 1 N–H and O–H groups in total. The van der Waals surface area contributed by atoms with Crippen LogP contribution < -0.4 is 0 Å². The molecule has 3 unspecified atom stereocenters. The maximum Gasteiger partial charge on any atom is 0.314 e. The van der Waals surface area contributed by atoms with E-state index < -0.39 is 35.0 Å². The molecule has 3 atom stereocenters. The van der Waals surface area contributed by atoms with Crippen LogP contribution in [0.2, 0.25) is 0 Å². The molecule has 0 bridgehead atoms. The van der Waals surface area contributed by atoms with Gasteiger partial charge in [0.2, 0.25) is 6.29 Å². The van der Waals surface area contributed by atoms with Gasteiger partial charge in [-0.1, -0.05) is 6.92 Å². The Morgan fingerprint density at radius 3 is 2.24 bits per heavy atom. The van der Waals surface area contributed by atoms with Crippen LogP contribution in [-0.2, 0) is 33.3 Å². The summed E-state index contributed by atoms with van der Waals surface area (Å²) in [6.07, 6.45) is 2.34. The molecule has 1 aliphatic rings. The Morgan fingerprint density at radius 1 is 1.14 bits per heavy atom. The van der Waals surface area contributed by atoms with E-state index in [9.17, 15) is 14.4 Å². The maximum atomic E-state index is 13.0. The number of methoxy groups -OCH3 is 1. The topological polar surface area (TPSA) is 108 Å². The highest BCUT2D eigenvalue weighted by Gasteiger charge is 2.46. The van der Waals surface area contributed by atoms with Gasteiger partial charge in [-0.15, -0.1) is 0 Å². The third-order valence-electron chi connectivity index (χ3n) is 4.88. The summed E-state index contributed by atoms with van der Waals surface area (Å²) in [6.45, 7) is 9.44. The summed E-state index contributed by atoms with van der Waals surface area (Å²) in [5.74, 6) is -1.77. The zero-order valence-corrected chi connectivity index (χ0v) is 18.9. The first kappa shape index (κ1) is 27.3. The predicted molar refractivity (Wildman–Crippen MR) is 107 cm³/mol. The van der Waals surface area contributed by atoms with Gasteiger partial charge in [-0.05, 0) is 53.4 Å². The van der Waals surface area contributed by atoms with Crippen LogP contribution in [0.25, 0.3) is 0 Å². The normalized spacial score (nSPS) is 19.7. The van der Waals surface area contributed by atoms with Gasteiger partial charge < -0.3 is 24.1 Å². The highest BCUT2D eigenvalue weighted by molar-refractivity contribution is 5.81. The van der Waals surface area contributed by atoms with E-state index in [4.69, 9.17) is 24.1 Å². The number of aliphatic hydroxyl groups excluding tert-OH is 1. The largest absolute Gasteiger partial charge is 0.469 e. The number of hydrogen-bond acceptors (Lipinski definition) is 8. The predicted octanol–water partition coefficient (Wildman–Crippen LogP) is 2.85. The van der Waals surface area contributed by atoms with Crippen LogP contribution in [0.1, 0.15) is 66.7 Å². The van der Waals surface area contributed by atoms with Crippen LogP contribution >= 0.6 is 0 Å². The van der Waals surface area contributed by atoms with Crippen LogP contribution in [0.3, 0.4) is 0 Å². The number of ether oxygens (including phenoxy) is 4. The lowest BCUT2D eigenvalue weighted by molar-refractivity contribution is -0.199. The Balaban J connectivity index is 0.00000379. The average Bonchev–Trinajstić information content (AvgIpc) is 2.69. The highest BCUT2D eigenvalue weighted by atomic mass is 16.7. The third-order valence-corrected chi connectivity index (χ3v) is 4.88. The molecule has 0 amide bonds. The molecule has 1 rings (SSSR count). The summed E-state index contributed by atoms with van der Waals surface area (Å²) in [6, 6.07) is 0. The van der Waals surface area contributed by atoms with Crippen molar-refractivity contribution >= 4 is 17.9 Å². The molecule has 8 heteroatoms. The average molecular weight is 419 g/mol. The van der Waals surface area contributed by atoms with Crippen LogP contribution in [0.4, 0.5) is 0 Å². The van der Waals surface area contributed by atoms with E-state index in [-0.39, 0.29) is 25.4 Å². The van der Waals surface area contributed by atoms with E-state index in [0.717, 1.165) is 20.0 Å². The standard InChI is InChI=1S/C20H34O7.CH4O/c1-7-25-16(21)14(2)12-20(5,13-19(3,4)17(22)24-6)18(23)27-15-10-8-9-11-26-15;1-2/h14-15H,7-13H2,1-6H3;2H,1H3. The third kappa shape index (κ3) is 8.70. The number of hydrogen-bond donors (Lipinski definition) is 1. The molecule has 1 aliphatic heterocycles. The molecular weight excluding hydrogens is 380 g/mol. The van der Waals surface area contributed by atoms with Gasteiger partial charge in [-0.3, -0.25) is 14.4 Å². The number of esters is 3. The van der Waals surface area contributed by atoms with Crippen LogP contribution in [0.5, 0.6) is 0 Å². The first-order chi connectivity index (χ1) is 13.6. The first-order valence-corrected chi connectivity index (χ1v) is 10.1. The molecular formula is C21H38O8. The lowest BCUT2D eigenvalue weighted by Gasteiger charge is -2.36. The second-order valence-corrected chi connectivity index (χ2v) is 8.17. The van der Waals surface area contributed by atoms with Crippen molar-refractivity contribution in [2.45, 2.75) is 73.0 Å². The molecule has 0 radical (unpaired) electrons. The Bertz CT molecular complexity index is 525. The van der Waals surface area contributed by atoms with Crippen molar-refractivity contribution in [3.8, 4) is 0 Å². The Hall–Kier alpha value is -1.67. The number of aliphatic hydroxyl groups is 1. The van der Waals surface area contributed by atoms with Crippen LogP contribution in [-0.4, -0.2) is 56.7 Å². The Morgan fingerprint density at radius 2 is 1.76 bits per heavy atom. The van der Waals surface area contributed by atoms with Crippen molar-refractivity contribution in [2.75, 3.05) is 27.4 Å². The van der Waals surface area contributed by atoms with Gasteiger partial charge in [0.05, 0.1) is 37.1 Å². The van der Waals surface area contributed by atoms with Crippen molar-refractivity contribution in [3.63, 3.8) is 0 Å². The molecule has 0 aromatic carbocycles. The Labute approximate surface area is 174 Å². The lowest BCUT2D eigenvalue weighted by Crippen LogP contribution is -2.42. The Kier molecular flexibility index (Phi) is 12.1. The first-order valence-electron chi connectivity index (χ1n) is 10.1. The van der Waals surface area contributed by atoms with Crippen LogP contribution in [0.15, 0.2) is 0 Å². The fraction of sp³-hybridized carbons (Fsp3) is 0.857. The molecule has 1 fully saturated rings. The summed E-state index contributed by atoms with van der Waals surface area (Å²) in [5.41, 5.74) is -1.98. The minimum Gasteiger partial charge on any atom is -0.469 e. The molecule has 0 aromatic heterocycles. The lowest BCUT2D eigenvalue weighted by atomic mass is 9.70. The van der Waals surface area contributed by atoms with Crippen molar-refractivity contribution in [2.24, 2.45) is 16.7 Å². The van der Waals surface area contributed by atoms with Gasteiger partial charge in [0.1, 0.15) is 0 Å². The van der Waals surface area contributed by atoms with Gasteiger partial charge in [0, 0.05) is 13.5 Å². The fourth-order valence-electron chi connectivity index (χ4n) is 3.66. The summed E-state index contributed by atoms with van der Waals surface area (Å²) >= 11 is 0. The van der Waals surface area contributed by atoms with E-state index in [2.05, 4.69) is 0 Å². The molecule has 29 heavy (non-hydrogen) atoms. The van der Waals surface area contributed by atoms with Gasteiger partial charge in [-0.25, -0.2) is 0 Å². The second kappa shape index (κ2) is 12.8. The van der Waals surface area contributed by atoms with E-state index >= 15 is 0 Å². The number of rotatable bonds is 9. The SMILES string of the molecule is CCOC(=O)C(C)CC(C)(CC(C)(C)C(=O)OC)C(=O)OC1CCCCO1.CO. The quantitative estimate of drug-likeness (QED) is 0.450. The van der Waals surface area contributed by atoms with Crippen molar-refractivity contribution < 1.29 is 38.4 Å². The molecule has 8 nitrogen and oxygen atoms in total. The molecule has 0 aliphatic carbocycles. The monoisotopic (exact) mass is 418 g/mol. The van der Waals surface area contributed by atoms with E-state index in [0.29, 0.717) is 13.0 Å². The van der Waals surface area contributed by atoms with E-state index in [1.165, 1.54) is 7.11 Å². The molecule has 1 heterocycles. The molecule has 170 valence electrons. The maximum absolute atomic E-state index is 13.0. The van der Waals surface area contributed by atoms with Gasteiger partial charge in [0.15, 0.2) is 0 Å². The van der Waals surface area contributed by atoms with E-state index in [1.807, 2.05) is 0 Å². The summed E-state index contributed by atoms with van der Waals surface area (Å²) in [4.78, 5) is 37.3. The molecule has 0 spiro atoms. The second-order valence-electron chi connectivity index (χ2n) is 8.17. The zero-order valence-electron chi connectivity index (χ0n) is 18.9. The van der Waals surface area contributed by atoms with E-state index in [1.54, 1.807) is 34.6 Å². The minimum absolute atomic E-state index is 0.183. The van der Waals surface area contributed by atoms with Crippen molar-refractivity contribution in [1.82, 2.24) is 0 Å². The molecule has 0 saturated carbocycles. The van der Waals surface area contributed by atoms with Crippen molar-refractivity contribution in [1.29, 1.82) is 0 Å². The summed E-state index contributed by atoms with van der Waals surface area (Å²) in [5, 5.41) is 7.00. The van der Waals surface area contributed by atoms with Crippen molar-refractivity contribution in [3.05, 3.63) is 0 Å². The summed E-state index contributed by atoms with van der Waals surface area (Å²) < 4.78 is 21.0. The molecule has 1 saturated heterocycles. The minimum atomic E-state index is -1.06. The smallest absolute Gasteiger partial charge is 0.314 e. The van der Waals surface area contributed by atoms with Gasteiger partial charge in [0.25, 0.3) is 0 Å². The number of carbonyl (C=O) groups excluding carboxylic acids is 3. The highest BCUT2D eigenvalue weighted by Crippen LogP contribution is 2.41. The summed E-state index contributed by atoms with van der Waals surface area (Å²) in [7, 11) is 2.32. The number of carbonyl (C=O) groups is 3. The molecule has 0 aromatic rings. The van der Waals surface area contributed by atoms with Gasteiger partial charge >= 0.3 is 17.9 Å². The fourth-order valence-corrected chi connectivity index (χ4v) is 3.66.